The molecule has 0 aromatic carbocycles. The van der Waals surface area contributed by atoms with Crippen molar-refractivity contribution in [3.63, 3.8) is 0 Å². The van der Waals surface area contributed by atoms with Crippen LogP contribution in [0.3, 0.4) is 0 Å². The summed E-state index contributed by atoms with van der Waals surface area (Å²) in [4.78, 5) is 2.24. The summed E-state index contributed by atoms with van der Waals surface area (Å²) in [6.07, 6.45) is 1.52. The van der Waals surface area contributed by atoms with Crippen LogP contribution in [0.25, 0.3) is 0 Å². The third-order valence-corrected chi connectivity index (χ3v) is 3.39. The number of rotatable bonds is 2. The zero-order valence-corrected chi connectivity index (χ0v) is 9.08. The van der Waals surface area contributed by atoms with E-state index in [1.807, 2.05) is 13.8 Å². The summed E-state index contributed by atoms with van der Waals surface area (Å²) in [6, 6.07) is 2.32. The van der Waals surface area contributed by atoms with Crippen molar-refractivity contribution < 1.29 is 2.74 Å². The van der Waals surface area contributed by atoms with Crippen LogP contribution in [0.5, 0.6) is 0 Å². The molecule has 78 valence electrons. The zero-order chi connectivity index (χ0) is 12.0. The summed E-state index contributed by atoms with van der Waals surface area (Å²) in [5.41, 5.74) is -0.360. The summed E-state index contributed by atoms with van der Waals surface area (Å²) in [6.45, 7) is 5.63. The van der Waals surface area contributed by atoms with Crippen LogP contribution in [0.1, 0.15) is 42.2 Å². The molecule has 2 saturated heterocycles. The number of nitriles is 1. The maximum absolute atomic E-state index is 9.04. The molecule has 0 radical (unpaired) electrons. The standard InChI is InChI=1S/C12H20N2/c1-10(2)6-12-4-3-5-14(12)9-11(7-12)8-13/h10-11H,3-7,9H2,1-2H3/t11-,12-/m1/s1/i6D2. The van der Waals surface area contributed by atoms with Gasteiger partial charge in [0.15, 0.2) is 0 Å². The number of hydrogen-bond acceptors (Lipinski definition) is 2. The van der Waals surface area contributed by atoms with Gasteiger partial charge in [-0.15, -0.1) is 0 Å². The van der Waals surface area contributed by atoms with Crippen LogP contribution in [0.4, 0.5) is 0 Å². The van der Waals surface area contributed by atoms with Crippen molar-refractivity contribution in [2.75, 3.05) is 13.1 Å². The topological polar surface area (TPSA) is 27.0 Å². The van der Waals surface area contributed by atoms with Crippen LogP contribution in [0, 0.1) is 23.2 Å². The Bertz CT molecular complexity index is 321. The summed E-state index contributed by atoms with van der Waals surface area (Å²) in [7, 11) is 0. The first-order valence-corrected chi connectivity index (χ1v) is 5.59. The summed E-state index contributed by atoms with van der Waals surface area (Å²) in [5.74, 6) is 0.0275. The molecular weight excluding hydrogens is 172 g/mol. The van der Waals surface area contributed by atoms with Crippen LogP contribution in [-0.2, 0) is 0 Å². The lowest BCUT2D eigenvalue weighted by Gasteiger charge is -2.33. The second-order valence-corrected chi connectivity index (χ2v) is 4.91. The van der Waals surface area contributed by atoms with Crippen LogP contribution in [0.15, 0.2) is 0 Å². The second kappa shape index (κ2) is 3.55. The Balaban J connectivity index is 2.32. The Hall–Kier alpha value is -0.550. The highest BCUT2D eigenvalue weighted by atomic mass is 15.2. The van der Waals surface area contributed by atoms with Crippen molar-refractivity contribution in [2.24, 2.45) is 11.8 Å². The number of hydrogen-bond donors (Lipinski definition) is 0. The maximum atomic E-state index is 9.04. The van der Waals surface area contributed by atoms with Gasteiger partial charge in [-0.05, 0) is 38.1 Å². The molecule has 0 aliphatic carbocycles. The van der Waals surface area contributed by atoms with E-state index in [2.05, 4.69) is 11.0 Å². The van der Waals surface area contributed by atoms with Gasteiger partial charge in [0.05, 0.1) is 12.0 Å². The molecule has 2 fully saturated rings. The van der Waals surface area contributed by atoms with E-state index in [0.29, 0.717) is 6.42 Å². The third kappa shape index (κ3) is 1.54. The highest BCUT2D eigenvalue weighted by Crippen LogP contribution is 2.45. The Kier molecular flexibility index (Phi) is 1.95. The molecule has 0 N–H and O–H groups in total. The van der Waals surface area contributed by atoms with E-state index in [0.717, 1.165) is 25.9 Å². The van der Waals surface area contributed by atoms with Gasteiger partial charge in [0.2, 0.25) is 0 Å². The molecule has 14 heavy (non-hydrogen) atoms. The molecule has 0 unspecified atom stereocenters. The molecule has 2 aliphatic rings. The average molecular weight is 194 g/mol. The quantitative estimate of drug-likeness (QED) is 0.675. The van der Waals surface area contributed by atoms with Crippen LogP contribution < -0.4 is 0 Å². The van der Waals surface area contributed by atoms with Crippen LogP contribution in [0.2, 0.25) is 0 Å². The summed E-state index contributed by atoms with van der Waals surface area (Å²) >= 11 is 0. The van der Waals surface area contributed by atoms with Gasteiger partial charge >= 0.3 is 0 Å². The fourth-order valence-corrected chi connectivity index (χ4v) is 3.02. The SMILES string of the molecule is [2H]C([2H])(C(C)C)[C@@]12CCCN1C[C@@H](C#N)C2. The van der Waals surface area contributed by atoms with E-state index in [1.54, 1.807) is 0 Å². The molecule has 2 heterocycles. The number of fused-ring (bicyclic) bond motifs is 1. The maximum Gasteiger partial charge on any atom is 0.0670 e. The minimum Gasteiger partial charge on any atom is -0.296 e. The van der Waals surface area contributed by atoms with Crippen molar-refractivity contribution in [3.05, 3.63) is 0 Å². The monoisotopic (exact) mass is 194 g/mol. The fraction of sp³-hybridized carbons (Fsp3) is 0.917. The lowest BCUT2D eigenvalue weighted by molar-refractivity contribution is 0.163. The van der Waals surface area contributed by atoms with E-state index in [-0.39, 0.29) is 17.4 Å². The van der Waals surface area contributed by atoms with Gasteiger partial charge in [0, 0.05) is 14.8 Å². The van der Waals surface area contributed by atoms with E-state index in [4.69, 9.17) is 8.00 Å². The minimum absolute atomic E-state index is 0.00513. The first-order valence-electron chi connectivity index (χ1n) is 6.59. The van der Waals surface area contributed by atoms with E-state index in [9.17, 15) is 0 Å². The normalized spacial score (nSPS) is 40.6. The lowest BCUT2D eigenvalue weighted by Crippen LogP contribution is -2.39. The molecule has 2 aliphatic heterocycles. The third-order valence-electron chi connectivity index (χ3n) is 3.39. The molecule has 2 nitrogen and oxygen atoms in total. The molecular formula is C12H20N2. The predicted molar refractivity (Wildman–Crippen MR) is 56.7 cm³/mol. The van der Waals surface area contributed by atoms with Gasteiger partial charge < -0.3 is 0 Å². The van der Waals surface area contributed by atoms with Gasteiger partial charge in [-0.1, -0.05) is 13.8 Å². The van der Waals surface area contributed by atoms with E-state index < -0.39 is 6.37 Å². The molecule has 2 atom stereocenters. The largest absolute Gasteiger partial charge is 0.296 e. The Labute approximate surface area is 89.7 Å². The molecule has 0 spiro atoms. The smallest absolute Gasteiger partial charge is 0.0670 e. The van der Waals surface area contributed by atoms with Crippen LogP contribution in [-0.4, -0.2) is 23.5 Å². The first kappa shape index (κ1) is 7.70. The summed E-state index contributed by atoms with van der Waals surface area (Å²) in [5, 5.41) is 9.04. The van der Waals surface area contributed by atoms with Gasteiger partial charge in [0.1, 0.15) is 0 Å². The molecule has 0 amide bonds. The molecule has 0 saturated carbocycles. The van der Waals surface area contributed by atoms with Gasteiger partial charge in [-0.3, -0.25) is 4.90 Å². The van der Waals surface area contributed by atoms with E-state index in [1.165, 1.54) is 0 Å². The Morgan fingerprint density at radius 3 is 3.14 bits per heavy atom. The Morgan fingerprint density at radius 1 is 1.71 bits per heavy atom. The minimum atomic E-state index is -1.19. The highest BCUT2D eigenvalue weighted by molar-refractivity contribution is 5.08. The molecule has 2 rings (SSSR count). The van der Waals surface area contributed by atoms with Crippen molar-refractivity contribution in [1.29, 1.82) is 5.26 Å². The lowest BCUT2D eigenvalue weighted by atomic mass is 9.83. The van der Waals surface area contributed by atoms with Crippen molar-refractivity contribution in [2.45, 2.75) is 45.0 Å². The predicted octanol–water partition coefficient (Wildman–Crippen LogP) is 2.41. The molecule has 0 bridgehead atoms. The zero-order valence-electron chi connectivity index (χ0n) is 11.1. The van der Waals surface area contributed by atoms with Crippen molar-refractivity contribution in [1.82, 2.24) is 4.90 Å². The number of nitrogens with zero attached hydrogens (tertiary/aromatic N) is 2. The van der Waals surface area contributed by atoms with Crippen molar-refractivity contribution >= 4 is 0 Å². The van der Waals surface area contributed by atoms with Crippen LogP contribution >= 0.6 is 0 Å². The second-order valence-electron chi connectivity index (χ2n) is 4.91. The van der Waals surface area contributed by atoms with Gasteiger partial charge in [-0.2, -0.15) is 5.26 Å². The van der Waals surface area contributed by atoms with E-state index >= 15 is 0 Å². The molecule has 2 heteroatoms. The first-order chi connectivity index (χ1) is 7.44. The Morgan fingerprint density at radius 2 is 2.50 bits per heavy atom. The molecule has 0 aromatic rings. The average Bonchev–Trinajstić information content (AvgIpc) is 2.73. The summed E-state index contributed by atoms with van der Waals surface area (Å²) < 4.78 is 16.8. The van der Waals surface area contributed by atoms with Gasteiger partial charge in [-0.25, -0.2) is 0 Å². The fourth-order valence-electron chi connectivity index (χ4n) is 3.02. The van der Waals surface area contributed by atoms with Gasteiger partial charge in [0.25, 0.3) is 0 Å². The molecule has 0 aromatic heterocycles. The highest BCUT2D eigenvalue weighted by Gasteiger charge is 2.48. The van der Waals surface area contributed by atoms with Crippen molar-refractivity contribution in [3.8, 4) is 6.07 Å².